The lowest BCUT2D eigenvalue weighted by Crippen LogP contribution is -2.25. The Balaban J connectivity index is 1.58. The van der Waals surface area contributed by atoms with Gasteiger partial charge >= 0.3 is 0 Å². The number of para-hydroxylation sites is 2. The first-order valence-corrected chi connectivity index (χ1v) is 6.60. The molecule has 0 saturated carbocycles. The minimum absolute atomic E-state index is 0.244. The first kappa shape index (κ1) is 13.3. The van der Waals surface area contributed by atoms with Crippen LogP contribution in [0, 0.1) is 5.82 Å². The maximum absolute atomic E-state index is 12.8. The molecule has 0 fully saturated rings. The van der Waals surface area contributed by atoms with E-state index in [9.17, 15) is 9.18 Å². The molecule has 0 saturated heterocycles. The van der Waals surface area contributed by atoms with E-state index in [0.29, 0.717) is 24.4 Å². The van der Waals surface area contributed by atoms with Crippen molar-refractivity contribution < 1.29 is 13.6 Å². The Kier molecular flexibility index (Phi) is 3.64. The predicted octanol–water partition coefficient (Wildman–Crippen LogP) is 2.94. The van der Waals surface area contributed by atoms with Crippen molar-refractivity contribution in [2.45, 2.75) is 6.42 Å². The first-order valence-electron chi connectivity index (χ1n) is 6.60. The summed E-state index contributed by atoms with van der Waals surface area (Å²) in [7, 11) is 0. The molecule has 0 unspecified atom stereocenters. The minimum Gasteiger partial charge on any atom is -0.441 e. The summed E-state index contributed by atoms with van der Waals surface area (Å²) in [5, 5.41) is 2.75. The third-order valence-corrected chi connectivity index (χ3v) is 3.07. The molecule has 0 aliphatic carbocycles. The second kappa shape index (κ2) is 5.75. The van der Waals surface area contributed by atoms with E-state index in [1.54, 1.807) is 0 Å². The van der Waals surface area contributed by atoms with E-state index in [2.05, 4.69) is 10.3 Å². The number of aromatic nitrogens is 1. The highest BCUT2D eigenvalue weighted by Gasteiger charge is 2.07. The van der Waals surface area contributed by atoms with Crippen LogP contribution < -0.4 is 5.32 Å². The van der Waals surface area contributed by atoms with Crippen LogP contribution in [-0.4, -0.2) is 17.4 Å². The number of benzene rings is 2. The molecule has 4 nitrogen and oxygen atoms in total. The van der Waals surface area contributed by atoms with Crippen molar-refractivity contribution in [1.82, 2.24) is 10.3 Å². The van der Waals surface area contributed by atoms with Gasteiger partial charge in [0.2, 0.25) is 0 Å². The number of halogens is 1. The first-order chi connectivity index (χ1) is 10.2. The van der Waals surface area contributed by atoms with Crippen molar-refractivity contribution in [2.24, 2.45) is 0 Å². The van der Waals surface area contributed by atoms with Crippen molar-refractivity contribution in [3.8, 4) is 0 Å². The molecule has 2 aromatic carbocycles. The number of carbonyl (C=O) groups excluding carboxylic acids is 1. The number of amides is 1. The van der Waals surface area contributed by atoms with Gasteiger partial charge in [0.15, 0.2) is 11.5 Å². The molecule has 0 aliphatic rings. The van der Waals surface area contributed by atoms with E-state index >= 15 is 0 Å². The number of rotatable bonds is 4. The normalized spacial score (nSPS) is 10.7. The Bertz CT molecular complexity index is 732. The van der Waals surface area contributed by atoms with Gasteiger partial charge in [0.1, 0.15) is 11.3 Å². The highest BCUT2D eigenvalue weighted by Crippen LogP contribution is 2.14. The lowest BCUT2D eigenvalue weighted by atomic mass is 10.2. The van der Waals surface area contributed by atoms with E-state index in [1.807, 2.05) is 24.3 Å². The molecule has 1 N–H and O–H groups in total. The number of carbonyl (C=O) groups is 1. The van der Waals surface area contributed by atoms with Gasteiger partial charge in [-0.2, -0.15) is 0 Å². The summed E-state index contributed by atoms with van der Waals surface area (Å²) in [6.45, 7) is 0.406. The second-order valence-corrected chi connectivity index (χ2v) is 4.59. The molecule has 0 spiro atoms. The number of fused-ring (bicyclic) bond motifs is 1. The van der Waals surface area contributed by atoms with Crippen LogP contribution in [0.1, 0.15) is 16.2 Å². The van der Waals surface area contributed by atoms with Crippen molar-refractivity contribution in [3.05, 3.63) is 65.8 Å². The summed E-state index contributed by atoms with van der Waals surface area (Å²) in [4.78, 5) is 16.2. The lowest BCUT2D eigenvalue weighted by Gasteiger charge is -2.03. The SMILES string of the molecule is O=C(NCCc1nc2ccccc2o1)c1ccc(F)cc1. The monoisotopic (exact) mass is 284 g/mol. The summed E-state index contributed by atoms with van der Waals surface area (Å²) in [5.74, 6) is -0.0280. The minimum atomic E-state index is -0.363. The molecule has 1 amide bonds. The van der Waals surface area contributed by atoms with E-state index < -0.39 is 0 Å². The van der Waals surface area contributed by atoms with E-state index in [1.165, 1.54) is 24.3 Å². The third kappa shape index (κ3) is 3.08. The largest absolute Gasteiger partial charge is 0.441 e. The number of oxazole rings is 1. The fourth-order valence-electron chi connectivity index (χ4n) is 2.01. The Hall–Kier alpha value is -2.69. The van der Waals surface area contributed by atoms with Crippen molar-refractivity contribution >= 4 is 17.0 Å². The van der Waals surface area contributed by atoms with Crippen LogP contribution in [0.15, 0.2) is 52.9 Å². The fourth-order valence-corrected chi connectivity index (χ4v) is 2.01. The number of hydrogen-bond acceptors (Lipinski definition) is 3. The molecule has 5 heteroatoms. The van der Waals surface area contributed by atoms with Crippen LogP contribution in [0.4, 0.5) is 4.39 Å². The molecule has 3 aromatic rings. The maximum Gasteiger partial charge on any atom is 0.251 e. The van der Waals surface area contributed by atoms with Crippen LogP contribution in [-0.2, 0) is 6.42 Å². The van der Waals surface area contributed by atoms with Gasteiger partial charge in [0.25, 0.3) is 5.91 Å². The zero-order chi connectivity index (χ0) is 14.7. The molecule has 0 bridgehead atoms. The summed E-state index contributed by atoms with van der Waals surface area (Å²) in [6.07, 6.45) is 0.502. The molecule has 3 rings (SSSR count). The quantitative estimate of drug-likeness (QED) is 0.801. The molecule has 1 aromatic heterocycles. The van der Waals surface area contributed by atoms with Crippen molar-refractivity contribution in [3.63, 3.8) is 0 Å². The summed E-state index contributed by atoms with van der Waals surface area (Å²) < 4.78 is 18.3. The van der Waals surface area contributed by atoms with E-state index in [4.69, 9.17) is 4.42 Å². The van der Waals surface area contributed by atoms with Crippen LogP contribution >= 0.6 is 0 Å². The molecular formula is C16H13FN2O2. The highest BCUT2D eigenvalue weighted by atomic mass is 19.1. The van der Waals surface area contributed by atoms with Crippen LogP contribution in [0.5, 0.6) is 0 Å². The van der Waals surface area contributed by atoms with Gasteiger partial charge in [-0.15, -0.1) is 0 Å². The standard InChI is InChI=1S/C16H13FN2O2/c17-12-7-5-11(6-8-12)16(20)18-10-9-15-19-13-3-1-2-4-14(13)21-15/h1-8H,9-10H2,(H,18,20). The van der Waals surface area contributed by atoms with Crippen LogP contribution in [0.25, 0.3) is 11.1 Å². The van der Waals surface area contributed by atoms with E-state index in [-0.39, 0.29) is 11.7 Å². The Morgan fingerprint density at radius 1 is 1.14 bits per heavy atom. The zero-order valence-corrected chi connectivity index (χ0v) is 11.2. The Labute approximate surface area is 120 Å². The van der Waals surface area contributed by atoms with Gasteiger partial charge in [-0.3, -0.25) is 4.79 Å². The highest BCUT2D eigenvalue weighted by molar-refractivity contribution is 5.94. The predicted molar refractivity (Wildman–Crippen MR) is 76.4 cm³/mol. The number of hydrogen-bond donors (Lipinski definition) is 1. The average Bonchev–Trinajstić information content (AvgIpc) is 2.90. The van der Waals surface area contributed by atoms with Crippen LogP contribution in [0.2, 0.25) is 0 Å². The second-order valence-electron chi connectivity index (χ2n) is 4.59. The fraction of sp³-hybridized carbons (Fsp3) is 0.125. The lowest BCUT2D eigenvalue weighted by molar-refractivity contribution is 0.0953. The summed E-state index contributed by atoms with van der Waals surface area (Å²) in [5.41, 5.74) is 1.96. The van der Waals surface area contributed by atoms with Gasteiger partial charge in [-0.1, -0.05) is 12.1 Å². The molecule has 0 atom stereocenters. The number of nitrogens with zero attached hydrogens (tertiary/aromatic N) is 1. The van der Waals surface area contributed by atoms with Gasteiger partial charge in [0, 0.05) is 18.5 Å². The van der Waals surface area contributed by atoms with E-state index in [0.717, 1.165) is 11.1 Å². The summed E-state index contributed by atoms with van der Waals surface area (Å²) in [6, 6.07) is 12.9. The summed E-state index contributed by atoms with van der Waals surface area (Å²) >= 11 is 0. The topological polar surface area (TPSA) is 55.1 Å². The van der Waals surface area contributed by atoms with Gasteiger partial charge in [0.05, 0.1) is 0 Å². The number of nitrogens with one attached hydrogen (secondary N) is 1. The van der Waals surface area contributed by atoms with Gasteiger partial charge < -0.3 is 9.73 Å². The molecular weight excluding hydrogens is 271 g/mol. The Morgan fingerprint density at radius 3 is 2.67 bits per heavy atom. The van der Waals surface area contributed by atoms with Crippen molar-refractivity contribution in [1.29, 1.82) is 0 Å². The molecule has 1 heterocycles. The van der Waals surface area contributed by atoms with Crippen molar-refractivity contribution in [2.75, 3.05) is 6.54 Å². The molecule has 0 aliphatic heterocycles. The van der Waals surface area contributed by atoms with Gasteiger partial charge in [-0.05, 0) is 36.4 Å². The maximum atomic E-state index is 12.8. The molecule has 106 valence electrons. The smallest absolute Gasteiger partial charge is 0.251 e. The third-order valence-electron chi connectivity index (χ3n) is 3.07. The zero-order valence-electron chi connectivity index (χ0n) is 11.2. The van der Waals surface area contributed by atoms with Crippen LogP contribution in [0.3, 0.4) is 0 Å². The molecule has 21 heavy (non-hydrogen) atoms. The average molecular weight is 284 g/mol. The Morgan fingerprint density at radius 2 is 1.90 bits per heavy atom. The van der Waals surface area contributed by atoms with Gasteiger partial charge in [-0.25, -0.2) is 9.37 Å². The molecule has 0 radical (unpaired) electrons.